The monoisotopic (exact) mass is 303 g/mol. The first-order valence-corrected chi connectivity index (χ1v) is 7.82. The van der Waals surface area contributed by atoms with Gasteiger partial charge in [-0.1, -0.05) is 18.2 Å². The number of rotatable bonds is 7. The smallest absolute Gasteiger partial charge is 0.241 e. The molecule has 1 aromatic carbocycles. The van der Waals surface area contributed by atoms with E-state index in [-0.39, 0.29) is 30.9 Å². The lowest BCUT2D eigenvalue weighted by Gasteiger charge is -2.28. The summed E-state index contributed by atoms with van der Waals surface area (Å²) in [6, 6.07) is 10.1. The van der Waals surface area contributed by atoms with Crippen molar-refractivity contribution in [1.29, 1.82) is 0 Å². The molecule has 1 aromatic rings. The molecule has 0 atom stereocenters. The molecule has 1 saturated carbocycles. The van der Waals surface area contributed by atoms with E-state index in [0.29, 0.717) is 6.04 Å². The molecule has 0 unspecified atom stereocenters. The number of hydrogen-bond acceptors (Lipinski definition) is 3. The van der Waals surface area contributed by atoms with Crippen molar-refractivity contribution < 1.29 is 9.59 Å². The van der Waals surface area contributed by atoms with Crippen LogP contribution in [0.15, 0.2) is 30.3 Å². The normalized spacial score (nSPS) is 14.2. The van der Waals surface area contributed by atoms with Crippen molar-refractivity contribution in [2.24, 2.45) is 0 Å². The van der Waals surface area contributed by atoms with Crippen LogP contribution in [-0.4, -0.2) is 48.9 Å². The van der Waals surface area contributed by atoms with Crippen molar-refractivity contribution in [3.63, 3.8) is 0 Å². The van der Waals surface area contributed by atoms with Crippen molar-refractivity contribution >= 4 is 17.5 Å². The SMILES string of the molecule is CC(C)N(C(=O)CN(C)CC(=O)NC1CC1)c1ccccc1. The van der Waals surface area contributed by atoms with Gasteiger partial charge in [0, 0.05) is 17.8 Å². The highest BCUT2D eigenvalue weighted by atomic mass is 16.2. The van der Waals surface area contributed by atoms with Crippen LogP contribution in [-0.2, 0) is 9.59 Å². The van der Waals surface area contributed by atoms with Crippen molar-refractivity contribution in [3.05, 3.63) is 30.3 Å². The predicted molar refractivity (Wildman–Crippen MR) is 87.7 cm³/mol. The van der Waals surface area contributed by atoms with Gasteiger partial charge in [-0.15, -0.1) is 0 Å². The minimum atomic E-state index is -0.00592. The van der Waals surface area contributed by atoms with Crippen molar-refractivity contribution in [3.8, 4) is 0 Å². The van der Waals surface area contributed by atoms with Crippen LogP contribution in [0, 0.1) is 0 Å². The molecular weight excluding hydrogens is 278 g/mol. The average molecular weight is 303 g/mol. The third-order valence-electron chi connectivity index (χ3n) is 3.58. The second-order valence-electron chi connectivity index (χ2n) is 6.21. The fourth-order valence-corrected chi connectivity index (χ4v) is 2.43. The summed E-state index contributed by atoms with van der Waals surface area (Å²) in [7, 11) is 1.80. The molecule has 0 saturated heterocycles. The molecule has 120 valence electrons. The van der Waals surface area contributed by atoms with Crippen LogP contribution < -0.4 is 10.2 Å². The Morgan fingerprint density at radius 1 is 1.18 bits per heavy atom. The van der Waals surface area contributed by atoms with Gasteiger partial charge in [0.15, 0.2) is 0 Å². The fourth-order valence-electron chi connectivity index (χ4n) is 2.43. The Balaban J connectivity index is 1.91. The molecule has 0 aliphatic heterocycles. The van der Waals surface area contributed by atoms with E-state index in [2.05, 4.69) is 5.32 Å². The molecule has 5 nitrogen and oxygen atoms in total. The Morgan fingerprint density at radius 2 is 1.82 bits per heavy atom. The quantitative estimate of drug-likeness (QED) is 0.833. The van der Waals surface area contributed by atoms with Crippen LogP contribution in [0.1, 0.15) is 26.7 Å². The summed E-state index contributed by atoms with van der Waals surface area (Å²) >= 11 is 0. The largest absolute Gasteiger partial charge is 0.352 e. The van der Waals surface area contributed by atoms with Gasteiger partial charge in [0.25, 0.3) is 0 Å². The molecule has 2 rings (SSSR count). The molecule has 5 heteroatoms. The minimum absolute atomic E-state index is 0.00271. The van der Waals surface area contributed by atoms with Gasteiger partial charge in [-0.25, -0.2) is 0 Å². The van der Waals surface area contributed by atoms with Crippen LogP contribution in [0.4, 0.5) is 5.69 Å². The lowest BCUT2D eigenvalue weighted by Crippen LogP contribution is -2.45. The zero-order chi connectivity index (χ0) is 16.1. The number of hydrogen-bond donors (Lipinski definition) is 1. The summed E-state index contributed by atoms with van der Waals surface area (Å²) in [6.07, 6.45) is 2.15. The Labute approximate surface area is 132 Å². The number of carbonyl (C=O) groups is 2. The van der Waals surface area contributed by atoms with Gasteiger partial charge in [0.2, 0.25) is 11.8 Å². The summed E-state index contributed by atoms with van der Waals surface area (Å²) in [4.78, 5) is 27.9. The average Bonchev–Trinajstić information content (AvgIpc) is 3.22. The number of amides is 2. The first kappa shape index (κ1) is 16.5. The first-order valence-electron chi connectivity index (χ1n) is 7.82. The number of carbonyl (C=O) groups excluding carboxylic acids is 2. The number of benzene rings is 1. The topological polar surface area (TPSA) is 52.7 Å². The van der Waals surface area contributed by atoms with E-state index >= 15 is 0 Å². The van der Waals surface area contributed by atoms with E-state index in [1.165, 1.54) is 0 Å². The van der Waals surface area contributed by atoms with Gasteiger partial charge in [0.1, 0.15) is 0 Å². The molecule has 1 N–H and O–H groups in total. The maximum Gasteiger partial charge on any atom is 0.241 e. The summed E-state index contributed by atoms with van der Waals surface area (Å²) in [5.41, 5.74) is 0.887. The van der Waals surface area contributed by atoms with Crippen LogP contribution >= 0.6 is 0 Å². The Bertz CT molecular complexity index is 512. The molecule has 0 radical (unpaired) electrons. The van der Waals surface area contributed by atoms with E-state index in [4.69, 9.17) is 0 Å². The van der Waals surface area contributed by atoms with Crippen LogP contribution in [0.5, 0.6) is 0 Å². The third-order valence-corrected chi connectivity index (χ3v) is 3.58. The van der Waals surface area contributed by atoms with Gasteiger partial charge < -0.3 is 10.2 Å². The van der Waals surface area contributed by atoms with E-state index < -0.39 is 0 Å². The second-order valence-corrected chi connectivity index (χ2v) is 6.21. The molecule has 2 amide bonds. The standard InChI is InChI=1S/C17H25N3O2/c1-13(2)20(15-7-5-4-6-8-15)17(22)12-19(3)11-16(21)18-14-9-10-14/h4-8,13-14H,9-12H2,1-3H3,(H,18,21). The number of anilines is 1. The first-order chi connectivity index (χ1) is 10.5. The van der Waals surface area contributed by atoms with Gasteiger partial charge in [-0.3, -0.25) is 14.5 Å². The van der Waals surface area contributed by atoms with Crippen LogP contribution in [0.3, 0.4) is 0 Å². The zero-order valence-electron chi connectivity index (χ0n) is 13.6. The van der Waals surface area contributed by atoms with Crippen molar-refractivity contribution in [1.82, 2.24) is 10.2 Å². The molecule has 0 aromatic heterocycles. The summed E-state index contributed by atoms with van der Waals surface area (Å²) < 4.78 is 0. The number of nitrogens with one attached hydrogen (secondary N) is 1. The molecular formula is C17H25N3O2. The highest BCUT2D eigenvalue weighted by Gasteiger charge is 2.25. The van der Waals surface area contributed by atoms with Gasteiger partial charge in [-0.2, -0.15) is 0 Å². The molecule has 1 fully saturated rings. The van der Waals surface area contributed by atoms with Gasteiger partial charge >= 0.3 is 0 Å². The Hall–Kier alpha value is -1.88. The van der Waals surface area contributed by atoms with Crippen LogP contribution in [0.2, 0.25) is 0 Å². The lowest BCUT2D eigenvalue weighted by atomic mass is 10.2. The zero-order valence-corrected chi connectivity index (χ0v) is 13.6. The summed E-state index contributed by atoms with van der Waals surface area (Å²) in [5, 5.41) is 2.94. The van der Waals surface area contributed by atoms with Gasteiger partial charge in [-0.05, 0) is 45.9 Å². The van der Waals surface area contributed by atoms with E-state index in [9.17, 15) is 9.59 Å². The molecule has 22 heavy (non-hydrogen) atoms. The van der Waals surface area contributed by atoms with E-state index in [1.807, 2.05) is 44.2 Å². The maximum atomic E-state index is 12.6. The number of para-hydroxylation sites is 1. The molecule has 1 aliphatic carbocycles. The maximum absolute atomic E-state index is 12.6. The fraction of sp³-hybridized carbons (Fsp3) is 0.529. The number of likely N-dealkylation sites (N-methyl/N-ethyl adjacent to an activating group) is 1. The third kappa shape index (κ3) is 4.84. The van der Waals surface area contributed by atoms with Crippen LogP contribution in [0.25, 0.3) is 0 Å². The number of nitrogens with zero attached hydrogens (tertiary/aromatic N) is 2. The van der Waals surface area contributed by atoms with E-state index in [1.54, 1.807) is 16.8 Å². The van der Waals surface area contributed by atoms with Crippen molar-refractivity contribution in [2.75, 3.05) is 25.0 Å². The van der Waals surface area contributed by atoms with Gasteiger partial charge in [0.05, 0.1) is 13.1 Å². The highest BCUT2D eigenvalue weighted by Crippen LogP contribution is 2.18. The van der Waals surface area contributed by atoms with E-state index in [0.717, 1.165) is 18.5 Å². The molecule has 0 spiro atoms. The molecule has 1 aliphatic rings. The Kier molecular flexibility index (Phi) is 5.55. The molecule has 0 bridgehead atoms. The predicted octanol–water partition coefficient (Wildman–Crippen LogP) is 1.64. The molecule has 0 heterocycles. The summed E-state index contributed by atoms with van der Waals surface area (Å²) in [5.74, 6) is -0.00321. The highest BCUT2D eigenvalue weighted by molar-refractivity contribution is 5.95. The minimum Gasteiger partial charge on any atom is -0.352 e. The summed E-state index contributed by atoms with van der Waals surface area (Å²) in [6.45, 7) is 4.46. The lowest BCUT2D eigenvalue weighted by molar-refractivity contribution is -0.123. The van der Waals surface area contributed by atoms with Crippen molar-refractivity contribution in [2.45, 2.75) is 38.8 Å². The second kappa shape index (κ2) is 7.40. The Morgan fingerprint density at radius 3 is 2.36 bits per heavy atom.